The fraction of sp³-hybridized carbons (Fsp3) is 0.625. The lowest BCUT2D eigenvalue weighted by molar-refractivity contribution is 0.0827. The molecule has 0 bridgehead atoms. The number of carbonyl (C=O) groups is 1. The van der Waals surface area contributed by atoms with Crippen molar-refractivity contribution in [2.24, 2.45) is 0 Å². The van der Waals surface area contributed by atoms with Gasteiger partial charge in [-0.1, -0.05) is 0 Å². The first-order chi connectivity index (χ1) is 10.1. The van der Waals surface area contributed by atoms with Crippen LogP contribution in [0.3, 0.4) is 0 Å². The van der Waals surface area contributed by atoms with Crippen molar-refractivity contribution in [3.63, 3.8) is 0 Å². The molecule has 1 unspecified atom stereocenters. The Morgan fingerprint density at radius 3 is 2.86 bits per heavy atom. The third-order valence-corrected chi connectivity index (χ3v) is 4.05. The van der Waals surface area contributed by atoms with Gasteiger partial charge in [0.1, 0.15) is 5.82 Å². The highest BCUT2D eigenvalue weighted by atomic mass is 16.2. The minimum Gasteiger partial charge on any atom is -0.354 e. The third kappa shape index (κ3) is 3.94. The predicted octanol–water partition coefficient (Wildman–Crippen LogP) is 1.75. The van der Waals surface area contributed by atoms with E-state index < -0.39 is 0 Å². The van der Waals surface area contributed by atoms with Crippen molar-refractivity contribution in [1.82, 2.24) is 15.2 Å². The lowest BCUT2D eigenvalue weighted by Gasteiger charge is -2.36. The SMILES string of the molecule is CNCCC1CCCCN1c1ccc(C(=O)N(C)C)cn1. The van der Waals surface area contributed by atoms with Gasteiger partial charge in [-0.25, -0.2) is 4.98 Å². The average Bonchev–Trinajstić information content (AvgIpc) is 2.52. The highest BCUT2D eigenvalue weighted by molar-refractivity contribution is 5.93. The molecule has 0 aromatic carbocycles. The number of anilines is 1. The molecule has 0 spiro atoms. The molecule has 1 saturated heterocycles. The van der Waals surface area contributed by atoms with E-state index in [9.17, 15) is 4.79 Å². The Labute approximate surface area is 127 Å². The van der Waals surface area contributed by atoms with Crippen LogP contribution in [0.2, 0.25) is 0 Å². The standard InChI is InChI=1S/C16H26N4O/c1-17-10-9-14-6-4-5-11-20(14)15-8-7-13(12-18-15)16(21)19(2)3/h7-8,12,14,17H,4-6,9-11H2,1-3H3. The molecule has 1 fully saturated rings. The summed E-state index contributed by atoms with van der Waals surface area (Å²) in [5.41, 5.74) is 0.646. The molecular formula is C16H26N4O. The Morgan fingerprint density at radius 1 is 1.43 bits per heavy atom. The molecule has 0 aliphatic carbocycles. The van der Waals surface area contributed by atoms with Crippen molar-refractivity contribution >= 4 is 11.7 Å². The fourth-order valence-corrected chi connectivity index (χ4v) is 2.85. The van der Waals surface area contributed by atoms with Crippen LogP contribution in [0.25, 0.3) is 0 Å². The zero-order valence-corrected chi connectivity index (χ0v) is 13.3. The Balaban J connectivity index is 2.10. The minimum atomic E-state index is -0.000530. The molecule has 1 N–H and O–H groups in total. The van der Waals surface area contributed by atoms with Gasteiger partial charge in [-0.2, -0.15) is 0 Å². The molecule has 21 heavy (non-hydrogen) atoms. The van der Waals surface area contributed by atoms with Gasteiger partial charge in [-0.3, -0.25) is 4.79 Å². The highest BCUT2D eigenvalue weighted by Gasteiger charge is 2.23. The van der Waals surface area contributed by atoms with Crippen LogP contribution in [-0.2, 0) is 0 Å². The summed E-state index contributed by atoms with van der Waals surface area (Å²) in [6, 6.07) is 4.41. The van der Waals surface area contributed by atoms with Gasteiger partial charge in [0.05, 0.1) is 5.56 Å². The van der Waals surface area contributed by atoms with E-state index in [0.717, 1.165) is 25.3 Å². The topological polar surface area (TPSA) is 48.5 Å². The number of pyridine rings is 1. The highest BCUT2D eigenvalue weighted by Crippen LogP contribution is 2.25. The number of piperidine rings is 1. The molecule has 116 valence electrons. The molecule has 1 amide bonds. The average molecular weight is 290 g/mol. The molecule has 1 aliphatic heterocycles. The lowest BCUT2D eigenvalue weighted by Crippen LogP contribution is -2.41. The van der Waals surface area contributed by atoms with Crippen molar-refractivity contribution in [3.8, 4) is 0 Å². The summed E-state index contributed by atoms with van der Waals surface area (Å²) in [5, 5.41) is 3.23. The van der Waals surface area contributed by atoms with Gasteiger partial charge in [0.15, 0.2) is 0 Å². The number of aromatic nitrogens is 1. The second-order valence-corrected chi connectivity index (χ2v) is 5.84. The van der Waals surface area contributed by atoms with Crippen LogP contribution in [0.4, 0.5) is 5.82 Å². The van der Waals surface area contributed by atoms with Gasteiger partial charge < -0.3 is 15.1 Å². The summed E-state index contributed by atoms with van der Waals surface area (Å²) in [4.78, 5) is 20.4. The largest absolute Gasteiger partial charge is 0.354 e. The zero-order chi connectivity index (χ0) is 15.2. The zero-order valence-electron chi connectivity index (χ0n) is 13.3. The van der Waals surface area contributed by atoms with E-state index in [4.69, 9.17) is 0 Å². The number of carbonyl (C=O) groups excluding carboxylic acids is 1. The molecule has 1 aliphatic rings. The van der Waals surface area contributed by atoms with E-state index in [2.05, 4.69) is 15.2 Å². The van der Waals surface area contributed by atoms with Crippen LogP contribution in [0.15, 0.2) is 18.3 Å². The van der Waals surface area contributed by atoms with Gasteiger partial charge in [0.2, 0.25) is 0 Å². The van der Waals surface area contributed by atoms with E-state index in [1.807, 2.05) is 19.2 Å². The van der Waals surface area contributed by atoms with Crippen LogP contribution in [0.5, 0.6) is 0 Å². The Hall–Kier alpha value is -1.62. The molecular weight excluding hydrogens is 264 g/mol. The van der Waals surface area contributed by atoms with Crippen LogP contribution < -0.4 is 10.2 Å². The molecule has 5 heteroatoms. The van der Waals surface area contributed by atoms with E-state index in [-0.39, 0.29) is 5.91 Å². The molecule has 5 nitrogen and oxygen atoms in total. The Kier molecular flexibility index (Phi) is 5.56. The van der Waals surface area contributed by atoms with Crippen molar-refractivity contribution in [2.75, 3.05) is 39.1 Å². The number of amides is 1. The summed E-state index contributed by atoms with van der Waals surface area (Å²) in [6.07, 6.45) is 6.57. The summed E-state index contributed by atoms with van der Waals surface area (Å²) in [5.74, 6) is 0.991. The molecule has 2 heterocycles. The molecule has 2 rings (SSSR count). The van der Waals surface area contributed by atoms with Crippen LogP contribution in [0, 0.1) is 0 Å². The van der Waals surface area contributed by atoms with E-state index in [1.54, 1.807) is 25.2 Å². The van der Waals surface area contributed by atoms with Gasteiger partial charge in [0, 0.05) is 32.9 Å². The summed E-state index contributed by atoms with van der Waals surface area (Å²) < 4.78 is 0. The molecule has 1 aromatic heterocycles. The maximum Gasteiger partial charge on any atom is 0.254 e. The van der Waals surface area contributed by atoms with Crippen molar-refractivity contribution in [3.05, 3.63) is 23.9 Å². The molecule has 0 radical (unpaired) electrons. The second kappa shape index (κ2) is 7.41. The molecule has 1 atom stereocenters. The van der Waals surface area contributed by atoms with Crippen molar-refractivity contribution < 1.29 is 4.79 Å². The molecule has 1 aromatic rings. The summed E-state index contributed by atoms with van der Waals surface area (Å²) >= 11 is 0. The number of hydrogen-bond acceptors (Lipinski definition) is 4. The quantitative estimate of drug-likeness (QED) is 0.897. The predicted molar refractivity (Wildman–Crippen MR) is 85.8 cm³/mol. The summed E-state index contributed by atoms with van der Waals surface area (Å²) in [6.45, 7) is 2.08. The van der Waals surface area contributed by atoms with Crippen molar-refractivity contribution in [1.29, 1.82) is 0 Å². The van der Waals surface area contributed by atoms with Crippen LogP contribution in [-0.4, -0.2) is 56.1 Å². The first-order valence-corrected chi connectivity index (χ1v) is 7.72. The van der Waals surface area contributed by atoms with Gasteiger partial charge in [-0.15, -0.1) is 0 Å². The summed E-state index contributed by atoms with van der Waals surface area (Å²) in [7, 11) is 5.51. The number of nitrogens with one attached hydrogen (secondary N) is 1. The molecule has 0 saturated carbocycles. The smallest absolute Gasteiger partial charge is 0.254 e. The first kappa shape index (κ1) is 15.8. The maximum absolute atomic E-state index is 11.9. The first-order valence-electron chi connectivity index (χ1n) is 7.72. The Morgan fingerprint density at radius 2 is 2.24 bits per heavy atom. The Bertz CT molecular complexity index is 458. The van der Waals surface area contributed by atoms with E-state index in [1.165, 1.54) is 19.3 Å². The van der Waals surface area contributed by atoms with Gasteiger partial charge in [-0.05, 0) is 51.4 Å². The number of rotatable bonds is 5. The van der Waals surface area contributed by atoms with Gasteiger partial charge in [0.25, 0.3) is 5.91 Å². The van der Waals surface area contributed by atoms with Crippen molar-refractivity contribution in [2.45, 2.75) is 31.7 Å². The monoisotopic (exact) mass is 290 g/mol. The van der Waals surface area contributed by atoms with Gasteiger partial charge >= 0.3 is 0 Å². The minimum absolute atomic E-state index is 0.000530. The normalized spacial score (nSPS) is 18.6. The van der Waals surface area contributed by atoms with Crippen LogP contribution >= 0.6 is 0 Å². The third-order valence-electron chi connectivity index (χ3n) is 4.05. The van der Waals surface area contributed by atoms with E-state index >= 15 is 0 Å². The fourth-order valence-electron chi connectivity index (χ4n) is 2.85. The second-order valence-electron chi connectivity index (χ2n) is 5.84. The van der Waals surface area contributed by atoms with Crippen LogP contribution in [0.1, 0.15) is 36.0 Å². The maximum atomic E-state index is 11.9. The number of nitrogens with zero attached hydrogens (tertiary/aromatic N) is 3. The lowest BCUT2D eigenvalue weighted by atomic mass is 9.99. The van der Waals surface area contributed by atoms with E-state index in [0.29, 0.717) is 11.6 Å². The number of hydrogen-bond donors (Lipinski definition) is 1.